The lowest BCUT2D eigenvalue weighted by molar-refractivity contribution is -0.908. The fourth-order valence-electron chi connectivity index (χ4n) is 4.08. The number of hydrogen-bond donors (Lipinski definition) is 1. The lowest BCUT2D eigenvalue weighted by Crippen LogP contribution is -3.14. The first-order valence-corrected chi connectivity index (χ1v) is 11.5. The number of rotatable bonds is 8. The van der Waals surface area contributed by atoms with Crippen molar-refractivity contribution in [1.29, 1.82) is 0 Å². The summed E-state index contributed by atoms with van der Waals surface area (Å²) in [6.07, 6.45) is 3.55. The Morgan fingerprint density at radius 1 is 1.00 bits per heavy atom. The molecule has 0 atom stereocenters. The van der Waals surface area contributed by atoms with Crippen LogP contribution < -0.4 is 22.0 Å². The van der Waals surface area contributed by atoms with Gasteiger partial charge in [-0.2, -0.15) is 0 Å². The van der Waals surface area contributed by atoms with Gasteiger partial charge in [0.05, 0.1) is 13.2 Å². The van der Waals surface area contributed by atoms with Crippen LogP contribution in [-0.4, -0.2) is 45.2 Å². The molecule has 1 heterocycles. The predicted octanol–water partition coefficient (Wildman–Crippen LogP) is 1.16. The quantitative estimate of drug-likeness (QED) is 0.401. The van der Waals surface area contributed by atoms with E-state index in [0.29, 0.717) is 18.1 Å². The normalized spacial score (nSPS) is 14.5. The summed E-state index contributed by atoms with van der Waals surface area (Å²) in [4.78, 5) is 14.5. The van der Waals surface area contributed by atoms with E-state index >= 15 is 0 Å². The third-order valence-electron chi connectivity index (χ3n) is 6.09. The number of benzene rings is 3. The molecule has 4 nitrogen and oxygen atoms in total. The summed E-state index contributed by atoms with van der Waals surface area (Å²) in [5, 5.41) is 1.90. The number of carbonyl (C=O) groups excluding carboxylic acids is 1. The average Bonchev–Trinajstić information content (AvgIpc) is 2.83. The molecule has 33 heavy (non-hydrogen) atoms. The van der Waals surface area contributed by atoms with Crippen molar-refractivity contribution in [3.05, 3.63) is 83.4 Å². The van der Waals surface area contributed by atoms with Gasteiger partial charge in [0.1, 0.15) is 32.0 Å². The van der Waals surface area contributed by atoms with Crippen LogP contribution in [0.1, 0.15) is 41.3 Å². The molecular weight excluding hydrogens is 434 g/mol. The van der Waals surface area contributed by atoms with Crippen LogP contribution in [0.15, 0.2) is 66.7 Å². The minimum absolute atomic E-state index is 0. The monoisotopic (exact) mass is 465 g/mol. The lowest BCUT2D eigenvalue weighted by Gasteiger charge is -2.23. The predicted molar refractivity (Wildman–Crippen MR) is 130 cm³/mol. The Bertz CT molecular complexity index is 1090. The van der Waals surface area contributed by atoms with E-state index in [9.17, 15) is 4.79 Å². The summed E-state index contributed by atoms with van der Waals surface area (Å²) >= 11 is 0. The van der Waals surface area contributed by atoms with Crippen molar-refractivity contribution < 1.29 is 31.6 Å². The van der Waals surface area contributed by atoms with Crippen LogP contribution in [0.2, 0.25) is 0 Å². The molecule has 3 aromatic carbocycles. The Labute approximate surface area is 202 Å². The highest BCUT2D eigenvalue weighted by Crippen LogP contribution is 2.29. The number of allylic oxidation sites excluding steroid dienone is 1. The van der Waals surface area contributed by atoms with E-state index in [4.69, 9.17) is 9.47 Å². The van der Waals surface area contributed by atoms with Crippen LogP contribution in [0, 0.1) is 0 Å². The maximum Gasteiger partial charge on any atom is 0.186 e. The summed E-state index contributed by atoms with van der Waals surface area (Å²) in [6, 6.07) is 20.1. The Balaban J connectivity index is 0.00000306. The first kappa shape index (κ1) is 25.0. The number of fused-ring (bicyclic) bond motifs is 1. The van der Waals surface area contributed by atoms with Crippen molar-refractivity contribution in [3.8, 4) is 5.75 Å². The highest BCUT2D eigenvalue weighted by atomic mass is 35.5. The number of ketones is 1. The maximum atomic E-state index is 13.0. The molecule has 0 bridgehead atoms. The average molecular weight is 466 g/mol. The number of morpholine rings is 1. The molecule has 1 aliphatic heterocycles. The zero-order chi connectivity index (χ0) is 22.3. The number of quaternary nitrogens is 1. The van der Waals surface area contributed by atoms with Crippen molar-refractivity contribution in [3.63, 3.8) is 0 Å². The molecule has 0 unspecified atom stereocenters. The molecule has 3 aromatic rings. The van der Waals surface area contributed by atoms with E-state index in [-0.39, 0.29) is 18.2 Å². The molecule has 0 saturated carbocycles. The number of carbonyl (C=O) groups is 1. The SMILES string of the molecule is CC(C)c1ccc(/C=C/C(=O)c2ccc(OCC[NH+]3CCOCC3)c3ccccc23)cc1.[Cl-]. The van der Waals surface area contributed by atoms with Crippen molar-refractivity contribution in [2.24, 2.45) is 0 Å². The number of hydrogen-bond acceptors (Lipinski definition) is 3. The van der Waals surface area contributed by atoms with Crippen molar-refractivity contribution >= 4 is 22.6 Å². The lowest BCUT2D eigenvalue weighted by atomic mass is 9.99. The molecular formula is C28H32ClNO3. The van der Waals surface area contributed by atoms with Gasteiger partial charge in [0.15, 0.2) is 5.78 Å². The first-order valence-electron chi connectivity index (χ1n) is 11.5. The molecule has 0 aliphatic carbocycles. The summed E-state index contributed by atoms with van der Waals surface area (Å²) in [5.41, 5.74) is 3.02. The highest BCUT2D eigenvalue weighted by Gasteiger charge is 2.15. The largest absolute Gasteiger partial charge is 1.00 e. The third-order valence-corrected chi connectivity index (χ3v) is 6.09. The summed E-state index contributed by atoms with van der Waals surface area (Å²) in [5.74, 6) is 1.33. The van der Waals surface area contributed by atoms with Crippen LogP contribution in [0.3, 0.4) is 0 Å². The number of nitrogens with one attached hydrogen (secondary N) is 1. The molecule has 1 N–H and O–H groups in total. The van der Waals surface area contributed by atoms with Gasteiger partial charge >= 0.3 is 0 Å². The van der Waals surface area contributed by atoms with Crippen LogP contribution in [0.25, 0.3) is 16.8 Å². The van der Waals surface area contributed by atoms with Crippen molar-refractivity contribution in [2.75, 3.05) is 39.5 Å². The van der Waals surface area contributed by atoms with Crippen molar-refractivity contribution in [1.82, 2.24) is 0 Å². The second-order valence-corrected chi connectivity index (χ2v) is 8.64. The maximum absolute atomic E-state index is 13.0. The fraction of sp³-hybridized carbons (Fsp3) is 0.321. The Hall–Kier alpha value is -2.66. The van der Waals surface area contributed by atoms with Gasteiger partial charge in [-0.05, 0) is 40.6 Å². The molecule has 1 aliphatic rings. The van der Waals surface area contributed by atoms with E-state index in [2.05, 4.69) is 38.1 Å². The van der Waals surface area contributed by atoms with Crippen LogP contribution in [0.4, 0.5) is 0 Å². The topological polar surface area (TPSA) is 40.0 Å². The van der Waals surface area contributed by atoms with Gasteiger partial charge in [-0.25, -0.2) is 0 Å². The Morgan fingerprint density at radius 2 is 1.70 bits per heavy atom. The smallest absolute Gasteiger partial charge is 0.186 e. The molecule has 0 spiro atoms. The van der Waals surface area contributed by atoms with E-state index in [1.807, 2.05) is 42.5 Å². The van der Waals surface area contributed by atoms with Gasteiger partial charge in [-0.15, -0.1) is 0 Å². The number of halogens is 1. The molecule has 174 valence electrons. The molecule has 0 aromatic heterocycles. The van der Waals surface area contributed by atoms with Crippen LogP contribution in [-0.2, 0) is 4.74 Å². The van der Waals surface area contributed by atoms with Crippen LogP contribution >= 0.6 is 0 Å². The molecule has 4 rings (SSSR count). The molecule has 0 radical (unpaired) electrons. The molecule has 5 heteroatoms. The minimum atomic E-state index is -0.00144. The van der Waals surface area contributed by atoms with Crippen molar-refractivity contribution in [2.45, 2.75) is 19.8 Å². The van der Waals surface area contributed by atoms with E-state index in [0.717, 1.165) is 54.9 Å². The fourth-order valence-corrected chi connectivity index (χ4v) is 4.08. The molecule has 1 saturated heterocycles. The van der Waals surface area contributed by atoms with Crippen LogP contribution in [0.5, 0.6) is 5.75 Å². The first-order chi connectivity index (χ1) is 15.6. The zero-order valence-corrected chi connectivity index (χ0v) is 20.1. The minimum Gasteiger partial charge on any atom is -1.00 e. The van der Waals surface area contributed by atoms with Gasteiger partial charge in [0, 0.05) is 10.9 Å². The number of ether oxygens (including phenoxy) is 2. The third kappa shape index (κ3) is 6.44. The van der Waals surface area contributed by atoms with Gasteiger partial charge in [-0.3, -0.25) is 4.79 Å². The highest BCUT2D eigenvalue weighted by molar-refractivity contribution is 6.15. The van der Waals surface area contributed by atoms with E-state index in [1.54, 1.807) is 6.08 Å². The Morgan fingerprint density at radius 3 is 2.39 bits per heavy atom. The summed E-state index contributed by atoms with van der Waals surface area (Å²) < 4.78 is 11.5. The van der Waals surface area contributed by atoms with E-state index in [1.165, 1.54) is 10.5 Å². The Kier molecular flexibility index (Phi) is 9.07. The summed E-state index contributed by atoms with van der Waals surface area (Å²) in [6.45, 7) is 9.67. The van der Waals surface area contributed by atoms with E-state index < -0.39 is 0 Å². The van der Waals surface area contributed by atoms with Gasteiger partial charge in [0.25, 0.3) is 0 Å². The second kappa shape index (κ2) is 12.0. The zero-order valence-electron chi connectivity index (χ0n) is 19.4. The summed E-state index contributed by atoms with van der Waals surface area (Å²) in [7, 11) is 0. The molecule has 1 fully saturated rings. The second-order valence-electron chi connectivity index (χ2n) is 8.64. The standard InChI is InChI=1S/C28H31NO3.ClH/c1-21(2)23-10-7-22(8-11-23)9-13-27(30)25-12-14-28(26-6-4-3-5-24(25)26)32-20-17-29-15-18-31-19-16-29;/h3-14,21H,15-20H2,1-2H3;1H/b13-9+;. The molecule has 0 amide bonds. The van der Waals surface area contributed by atoms with Gasteiger partial charge < -0.3 is 26.8 Å². The van der Waals surface area contributed by atoms with Gasteiger partial charge in [0.2, 0.25) is 0 Å². The van der Waals surface area contributed by atoms with Gasteiger partial charge in [-0.1, -0.05) is 68.5 Å².